The van der Waals surface area contributed by atoms with E-state index in [-0.39, 0.29) is 17.5 Å². The van der Waals surface area contributed by atoms with E-state index in [1.54, 1.807) is 36.3 Å². The molecule has 2 amide bonds. The summed E-state index contributed by atoms with van der Waals surface area (Å²) in [7, 11) is 1.59. The minimum absolute atomic E-state index is 0.222. The van der Waals surface area contributed by atoms with Gasteiger partial charge in [0.05, 0.1) is 20.3 Å². The van der Waals surface area contributed by atoms with Crippen molar-refractivity contribution < 1.29 is 19.1 Å². The van der Waals surface area contributed by atoms with Gasteiger partial charge in [-0.05, 0) is 35.4 Å². The molecule has 0 radical (unpaired) electrons. The van der Waals surface area contributed by atoms with Crippen molar-refractivity contribution in [3.63, 3.8) is 0 Å². The van der Waals surface area contributed by atoms with Crippen LogP contribution in [0.2, 0.25) is 0 Å². The number of hydrogen-bond donors (Lipinski definition) is 1. The summed E-state index contributed by atoms with van der Waals surface area (Å²) in [6, 6.07) is 16.8. The summed E-state index contributed by atoms with van der Waals surface area (Å²) in [6.45, 7) is 1.97. The summed E-state index contributed by atoms with van der Waals surface area (Å²) < 4.78 is 10.5. The Morgan fingerprint density at radius 1 is 1.00 bits per heavy atom. The highest BCUT2D eigenvalue weighted by molar-refractivity contribution is 6.04. The van der Waals surface area contributed by atoms with E-state index in [1.807, 2.05) is 42.5 Å². The van der Waals surface area contributed by atoms with Gasteiger partial charge >= 0.3 is 0 Å². The Labute approximate surface area is 170 Å². The first-order valence-corrected chi connectivity index (χ1v) is 9.42. The minimum atomic E-state index is -0.366. The third kappa shape index (κ3) is 6.05. The molecule has 1 aliphatic heterocycles. The standard InChI is InChI=1S/C23H24N2O4/c1-28-20-10-7-19(8-11-20)17-21(23(27)25-13-15-29-16-14-25)24-22(26)12-9-18-5-3-2-4-6-18/h2-12,17H,13-16H2,1H3,(H,24,26)/b12-9+,21-17-. The first-order chi connectivity index (χ1) is 14.2. The van der Waals surface area contributed by atoms with Gasteiger partial charge in [-0.2, -0.15) is 0 Å². The molecule has 0 atom stereocenters. The molecule has 0 spiro atoms. The van der Waals surface area contributed by atoms with E-state index >= 15 is 0 Å². The quantitative estimate of drug-likeness (QED) is 0.768. The van der Waals surface area contributed by atoms with Crippen LogP contribution < -0.4 is 10.1 Å². The monoisotopic (exact) mass is 392 g/mol. The normalized spacial score (nSPS) is 14.7. The third-order valence-corrected chi connectivity index (χ3v) is 4.44. The molecule has 1 N–H and O–H groups in total. The summed E-state index contributed by atoms with van der Waals surface area (Å²) in [5.41, 5.74) is 1.91. The van der Waals surface area contributed by atoms with Gasteiger partial charge in [0.1, 0.15) is 11.4 Å². The average molecular weight is 392 g/mol. The number of methoxy groups -OCH3 is 1. The van der Waals surface area contributed by atoms with Gasteiger partial charge in [-0.25, -0.2) is 0 Å². The zero-order chi connectivity index (χ0) is 20.5. The van der Waals surface area contributed by atoms with Gasteiger partial charge in [0.25, 0.3) is 5.91 Å². The molecule has 0 bridgehead atoms. The summed E-state index contributed by atoms with van der Waals surface area (Å²) >= 11 is 0. The van der Waals surface area contributed by atoms with Crippen molar-refractivity contribution >= 4 is 24.0 Å². The van der Waals surface area contributed by atoms with E-state index in [1.165, 1.54) is 6.08 Å². The van der Waals surface area contributed by atoms with E-state index in [2.05, 4.69) is 5.32 Å². The summed E-state index contributed by atoms with van der Waals surface area (Å²) in [6.07, 6.45) is 4.80. The number of carbonyl (C=O) groups excluding carboxylic acids is 2. The number of hydrogen-bond acceptors (Lipinski definition) is 4. The predicted molar refractivity (Wildman–Crippen MR) is 112 cm³/mol. The van der Waals surface area contributed by atoms with E-state index < -0.39 is 0 Å². The van der Waals surface area contributed by atoms with Crippen LogP contribution in [0.3, 0.4) is 0 Å². The molecule has 2 aromatic carbocycles. The van der Waals surface area contributed by atoms with Gasteiger partial charge < -0.3 is 19.7 Å². The number of nitrogens with one attached hydrogen (secondary N) is 1. The number of ether oxygens (including phenoxy) is 2. The molecular formula is C23H24N2O4. The number of rotatable bonds is 6. The molecule has 6 nitrogen and oxygen atoms in total. The topological polar surface area (TPSA) is 67.9 Å². The van der Waals surface area contributed by atoms with Crippen LogP contribution >= 0.6 is 0 Å². The van der Waals surface area contributed by atoms with Crippen LogP contribution in [0.5, 0.6) is 5.75 Å². The molecule has 0 aromatic heterocycles. The first-order valence-electron chi connectivity index (χ1n) is 9.42. The second-order valence-electron chi connectivity index (χ2n) is 6.47. The molecule has 150 valence electrons. The van der Waals surface area contributed by atoms with Crippen LogP contribution in [0.1, 0.15) is 11.1 Å². The molecule has 2 aromatic rings. The highest BCUT2D eigenvalue weighted by atomic mass is 16.5. The Bertz CT molecular complexity index is 883. The summed E-state index contributed by atoms with van der Waals surface area (Å²) in [5.74, 6) is 0.124. The van der Waals surface area contributed by atoms with E-state index in [9.17, 15) is 9.59 Å². The fourth-order valence-electron chi connectivity index (χ4n) is 2.87. The first kappa shape index (κ1) is 20.4. The maximum Gasteiger partial charge on any atom is 0.270 e. The van der Waals surface area contributed by atoms with Crippen molar-refractivity contribution in [3.8, 4) is 5.75 Å². The zero-order valence-corrected chi connectivity index (χ0v) is 16.3. The molecule has 1 fully saturated rings. The predicted octanol–water partition coefficient (Wildman–Crippen LogP) is 2.72. The molecule has 0 aliphatic carbocycles. The van der Waals surface area contributed by atoms with Gasteiger partial charge in [-0.15, -0.1) is 0 Å². The molecule has 1 heterocycles. The molecule has 6 heteroatoms. The maximum atomic E-state index is 13.0. The lowest BCUT2D eigenvalue weighted by molar-refractivity contribution is -0.132. The second kappa shape index (κ2) is 10.2. The van der Waals surface area contributed by atoms with Crippen LogP contribution in [0.4, 0.5) is 0 Å². The van der Waals surface area contributed by atoms with Gasteiger partial charge in [-0.3, -0.25) is 9.59 Å². The van der Waals surface area contributed by atoms with E-state index in [0.717, 1.165) is 16.9 Å². The SMILES string of the molecule is COc1ccc(/C=C(\NC(=O)/C=C/c2ccccc2)C(=O)N2CCOCC2)cc1. The molecule has 3 rings (SSSR count). The Balaban J connectivity index is 1.79. The van der Waals surface area contributed by atoms with E-state index in [0.29, 0.717) is 26.3 Å². The van der Waals surface area contributed by atoms with Crippen LogP contribution in [0.25, 0.3) is 12.2 Å². The van der Waals surface area contributed by atoms with Crippen molar-refractivity contribution in [2.24, 2.45) is 0 Å². The Morgan fingerprint density at radius 2 is 1.69 bits per heavy atom. The van der Waals surface area contributed by atoms with Crippen LogP contribution in [-0.4, -0.2) is 50.1 Å². The highest BCUT2D eigenvalue weighted by Crippen LogP contribution is 2.15. The Hall–Kier alpha value is -3.38. The minimum Gasteiger partial charge on any atom is -0.497 e. The van der Waals surface area contributed by atoms with Gasteiger partial charge in [0, 0.05) is 19.2 Å². The molecule has 0 saturated carbocycles. The van der Waals surface area contributed by atoms with Crippen molar-refractivity contribution in [1.29, 1.82) is 0 Å². The number of nitrogens with zero attached hydrogens (tertiary/aromatic N) is 1. The van der Waals surface area contributed by atoms with Crippen molar-refractivity contribution in [3.05, 3.63) is 77.5 Å². The fraction of sp³-hybridized carbons (Fsp3) is 0.217. The fourth-order valence-corrected chi connectivity index (χ4v) is 2.87. The number of benzene rings is 2. The number of carbonyl (C=O) groups is 2. The lowest BCUT2D eigenvalue weighted by Gasteiger charge is -2.27. The maximum absolute atomic E-state index is 13.0. The molecule has 1 saturated heterocycles. The zero-order valence-electron chi connectivity index (χ0n) is 16.3. The van der Waals surface area contributed by atoms with Crippen LogP contribution in [0, 0.1) is 0 Å². The molecule has 0 unspecified atom stereocenters. The van der Waals surface area contributed by atoms with Crippen LogP contribution in [-0.2, 0) is 14.3 Å². The lowest BCUT2D eigenvalue weighted by Crippen LogP contribution is -2.44. The van der Waals surface area contributed by atoms with E-state index in [4.69, 9.17) is 9.47 Å². The number of morpholine rings is 1. The summed E-state index contributed by atoms with van der Waals surface area (Å²) in [5, 5.41) is 2.73. The summed E-state index contributed by atoms with van der Waals surface area (Å²) in [4.78, 5) is 27.1. The number of amides is 2. The van der Waals surface area contributed by atoms with Crippen molar-refractivity contribution in [1.82, 2.24) is 10.2 Å². The van der Waals surface area contributed by atoms with Crippen LogP contribution in [0.15, 0.2) is 66.4 Å². The lowest BCUT2D eigenvalue weighted by atomic mass is 10.1. The largest absolute Gasteiger partial charge is 0.497 e. The second-order valence-corrected chi connectivity index (χ2v) is 6.47. The van der Waals surface area contributed by atoms with Crippen molar-refractivity contribution in [2.75, 3.05) is 33.4 Å². The highest BCUT2D eigenvalue weighted by Gasteiger charge is 2.21. The smallest absolute Gasteiger partial charge is 0.270 e. The Morgan fingerprint density at radius 3 is 2.34 bits per heavy atom. The Kier molecular flexibility index (Phi) is 7.19. The van der Waals surface area contributed by atoms with Gasteiger partial charge in [-0.1, -0.05) is 42.5 Å². The average Bonchev–Trinajstić information content (AvgIpc) is 2.78. The third-order valence-electron chi connectivity index (χ3n) is 4.44. The van der Waals surface area contributed by atoms with Gasteiger partial charge in [0.2, 0.25) is 5.91 Å². The van der Waals surface area contributed by atoms with Crippen molar-refractivity contribution in [2.45, 2.75) is 0 Å². The molecule has 1 aliphatic rings. The van der Waals surface area contributed by atoms with Gasteiger partial charge in [0.15, 0.2) is 0 Å². The molecular weight excluding hydrogens is 368 g/mol. The molecule has 29 heavy (non-hydrogen) atoms.